The van der Waals surface area contributed by atoms with Crippen LogP contribution >= 0.6 is 0 Å². The molecule has 0 aliphatic rings. The van der Waals surface area contributed by atoms with Crippen molar-refractivity contribution in [2.45, 2.75) is 131 Å². The summed E-state index contributed by atoms with van der Waals surface area (Å²) in [5, 5.41) is 5.97. The average Bonchev–Trinajstić information content (AvgIpc) is 2.87. The van der Waals surface area contributed by atoms with E-state index in [1.807, 2.05) is 39.8 Å². The molecule has 1 aromatic carbocycles. The number of carbonyl (C=O) groups is 3. The number of carbonyl (C=O) groups excluding carboxylic acids is 3. The van der Waals surface area contributed by atoms with E-state index in [4.69, 9.17) is 11.2 Å². The molecule has 224 valence electrons. The molecule has 0 saturated heterocycles. The van der Waals surface area contributed by atoms with Crippen LogP contribution in [0, 0.1) is 24.2 Å². The maximum absolute atomic E-state index is 14.5. The molecule has 7 heteroatoms. The van der Waals surface area contributed by atoms with Crippen molar-refractivity contribution in [2.75, 3.05) is 0 Å². The van der Waals surface area contributed by atoms with Gasteiger partial charge in [-0.1, -0.05) is 65.5 Å². The van der Waals surface area contributed by atoms with Gasteiger partial charge in [-0.15, -0.1) is 6.42 Å². The molecule has 0 fully saturated rings. The summed E-state index contributed by atoms with van der Waals surface area (Å²) in [5.74, 6) is 2.30. The summed E-state index contributed by atoms with van der Waals surface area (Å²) in [5.41, 5.74) is 0.649. The summed E-state index contributed by atoms with van der Waals surface area (Å²) in [6.07, 6.45) is 8.93. The second kappa shape index (κ2) is 16.3. The second-order valence-electron chi connectivity index (χ2n) is 12.4. The van der Waals surface area contributed by atoms with Gasteiger partial charge in [0.25, 0.3) is 0 Å². The lowest BCUT2D eigenvalue weighted by Gasteiger charge is -2.40. The van der Waals surface area contributed by atoms with E-state index in [1.54, 1.807) is 37.8 Å². The highest BCUT2D eigenvalue weighted by molar-refractivity contribution is 5.92. The van der Waals surface area contributed by atoms with Gasteiger partial charge in [-0.25, -0.2) is 4.79 Å². The number of hydrogen-bond donors (Lipinski definition) is 2. The third kappa shape index (κ3) is 11.2. The summed E-state index contributed by atoms with van der Waals surface area (Å²) in [6.45, 7) is 19.6. The smallest absolute Gasteiger partial charge is 0.408 e. The first-order chi connectivity index (χ1) is 18.6. The topological polar surface area (TPSA) is 87.7 Å². The number of nitrogens with one attached hydrogen (secondary N) is 2. The molecule has 0 heterocycles. The highest BCUT2D eigenvalue weighted by Gasteiger charge is 2.40. The number of nitrogens with zero attached hydrogens (tertiary/aromatic N) is 1. The maximum Gasteiger partial charge on any atom is 0.408 e. The van der Waals surface area contributed by atoms with Gasteiger partial charge in [0.15, 0.2) is 0 Å². The number of rotatable bonds is 14. The van der Waals surface area contributed by atoms with Gasteiger partial charge < -0.3 is 20.3 Å². The molecule has 0 radical (unpaired) electrons. The molecule has 0 aromatic heterocycles. The molecule has 5 atom stereocenters. The molecule has 7 nitrogen and oxygen atoms in total. The molecule has 2 N–H and O–H groups in total. The lowest BCUT2D eigenvalue weighted by molar-refractivity contribution is -0.146. The highest BCUT2D eigenvalue weighted by atomic mass is 16.6. The van der Waals surface area contributed by atoms with E-state index >= 15 is 0 Å². The predicted octanol–water partition coefficient (Wildman–Crippen LogP) is 6.61. The zero-order valence-corrected chi connectivity index (χ0v) is 26.5. The minimum Gasteiger partial charge on any atom is -0.444 e. The standard InChI is InChI=1S/C33H53N3O4/c1-12-15-24(7)34-30(37)29(27-20-18-26(14-3)19-21-27)36(25(8)17-16-22(4)5)31(38)28(23(6)13-2)35-32(39)40-33(9,10)11/h3,18-25,28-29H,12-13,15-17H2,1-2,4-11H3,(H,34,37)(H,35,39). The van der Waals surface area contributed by atoms with Crippen molar-refractivity contribution in [3.8, 4) is 12.3 Å². The van der Waals surface area contributed by atoms with Crippen molar-refractivity contribution < 1.29 is 19.1 Å². The van der Waals surface area contributed by atoms with E-state index in [2.05, 4.69) is 37.3 Å². The normalized spacial score (nSPS) is 15.2. The Hall–Kier alpha value is -3.01. The van der Waals surface area contributed by atoms with E-state index in [-0.39, 0.29) is 29.8 Å². The Balaban J connectivity index is 3.69. The number of hydrogen-bond acceptors (Lipinski definition) is 4. The fraction of sp³-hybridized carbons (Fsp3) is 0.667. The average molecular weight is 556 g/mol. The molecule has 0 spiro atoms. The van der Waals surface area contributed by atoms with E-state index in [1.165, 1.54) is 0 Å². The Morgan fingerprint density at radius 2 is 1.55 bits per heavy atom. The van der Waals surface area contributed by atoms with Crippen LogP contribution < -0.4 is 10.6 Å². The van der Waals surface area contributed by atoms with Crippen molar-refractivity contribution in [3.05, 3.63) is 35.4 Å². The number of alkyl carbamates (subject to hydrolysis) is 1. The van der Waals surface area contributed by atoms with Gasteiger partial charge in [0.2, 0.25) is 11.8 Å². The number of benzene rings is 1. The molecular weight excluding hydrogens is 502 g/mol. The van der Waals surface area contributed by atoms with E-state index in [9.17, 15) is 14.4 Å². The van der Waals surface area contributed by atoms with Crippen molar-refractivity contribution in [1.82, 2.24) is 15.5 Å². The molecule has 0 bridgehead atoms. The predicted molar refractivity (Wildman–Crippen MR) is 163 cm³/mol. The summed E-state index contributed by atoms with van der Waals surface area (Å²) >= 11 is 0. The molecule has 3 amide bonds. The second-order valence-corrected chi connectivity index (χ2v) is 12.4. The van der Waals surface area contributed by atoms with Gasteiger partial charge in [0.1, 0.15) is 17.7 Å². The van der Waals surface area contributed by atoms with Gasteiger partial charge in [-0.3, -0.25) is 9.59 Å². The van der Waals surface area contributed by atoms with Gasteiger partial charge in [0.05, 0.1) is 0 Å². The minimum absolute atomic E-state index is 0.0573. The van der Waals surface area contributed by atoms with E-state index in [0.29, 0.717) is 29.9 Å². The lowest BCUT2D eigenvalue weighted by Crippen LogP contribution is -2.57. The van der Waals surface area contributed by atoms with Crippen molar-refractivity contribution in [3.63, 3.8) is 0 Å². The molecule has 0 aliphatic carbocycles. The SMILES string of the molecule is C#Cc1ccc(C(C(=O)NC(C)CCC)N(C(=O)C(NC(=O)OC(C)(C)C)C(C)CC)C(C)CCC(C)C)cc1. The Bertz CT molecular complexity index is 990. The Labute approximate surface area is 243 Å². The number of terminal acetylenes is 1. The molecule has 0 aliphatic heterocycles. The summed E-state index contributed by atoms with van der Waals surface area (Å²) in [7, 11) is 0. The number of ether oxygens (including phenoxy) is 1. The van der Waals surface area contributed by atoms with Crippen LogP contribution in [0.1, 0.15) is 119 Å². The third-order valence-electron chi connectivity index (χ3n) is 7.07. The van der Waals surface area contributed by atoms with Gasteiger partial charge in [-0.2, -0.15) is 0 Å². The first-order valence-corrected chi connectivity index (χ1v) is 14.8. The van der Waals surface area contributed by atoms with Crippen molar-refractivity contribution in [2.24, 2.45) is 11.8 Å². The first-order valence-electron chi connectivity index (χ1n) is 14.8. The van der Waals surface area contributed by atoms with Crippen LogP contribution in [-0.2, 0) is 14.3 Å². The zero-order valence-electron chi connectivity index (χ0n) is 26.5. The van der Waals surface area contributed by atoms with Gasteiger partial charge >= 0.3 is 6.09 Å². The highest BCUT2D eigenvalue weighted by Crippen LogP contribution is 2.29. The van der Waals surface area contributed by atoms with Crippen LogP contribution in [0.15, 0.2) is 24.3 Å². The van der Waals surface area contributed by atoms with Crippen LogP contribution in [0.3, 0.4) is 0 Å². The molecule has 0 saturated carbocycles. The zero-order chi connectivity index (χ0) is 30.6. The molecule has 1 aromatic rings. The van der Waals surface area contributed by atoms with Crippen LogP contribution in [0.5, 0.6) is 0 Å². The quantitative estimate of drug-likeness (QED) is 0.253. The molecular formula is C33H53N3O4. The van der Waals surface area contributed by atoms with E-state index < -0.39 is 23.8 Å². The van der Waals surface area contributed by atoms with Gasteiger partial charge in [-0.05, 0) is 83.4 Å². The van der Waals surface area contributed by atoms with Crippen LogP contribution in [0.2, 0.25) is 0 Å². The van der Waals surface area contributed by atoms with Crippen LogP contribution in [0.25, 0.3) is 0 Å². The maximum atomic E-state index is 14.5. The van der Waals surface area contributed by atoms with Gasteiger partial charge in [0, 0.05) is 17.6 Å². The van der Waals surface area contributed by atoms with Crippen molar-refractivity contribution in [1.29, 1.82) is 0 Å². The summed E-state index contributed by atoms with van der Waals surface area (Å²) < 4.78 is 5.51. The van der Waals surface area contributed by atoms with Crippen LogP contribution in [-0.4, -0.2) is 46.5 Å². The fourth-order valence-electron chi connectivity index (χ4n) is 4.62. The third-order valence-corrected chi connectivity index (χ3v) is 7.07. The summed E-state index contributed by atoms with van der Waals surface area (Å²) in [4.78, 5) is 43.1. The lowest BCUT2D eigenvalue weighted by atomic mass is 9.93. The van der Waals surface area contributed by atoms with E-state index in [0.717, 1.165) is 19.3 Å². The largest absolute Gasteiger partial charge is 0.444 e. The minimum atomic E-state index is -0.896. The molecule has 1 rings (SSSR count). The summed E-state index contributed by atoms with van der Waals surface area (Å²) in [6, 6.07) is 5.12. The van der Waals surface area contributed by atoms with Crippen LogP contribution in [0.4, 0.5) is 4.79 Å². The fourth-order valence-corrected chi connectivity index (χ4v) is 4.62. The monoisotopic (exact) mass is 555 g/mol. The first kappa shape index (κ1) is 35.0. The Morgan fingerprint density at radius 3 is 2.02 bits per heavy atom. The molecule has 40 heavy (non-hydrogen) atoms. The Kier molecular flexibility index (Phi) is 14.3. The van der Waals surface area contributed by atoms with Crippen molar-refractivity contribution >= 4 is 17.9 Å². The number of amides is 3. The Morgan fingerprint density at radius 1 is 0.950 bits per heavy atom. The molecule has 5 unspecified atom stereocenters.